The number of carbonyl (C=O) groups is 2. The van der Waals surface area contributed by atoms with E-state index in [9.17, 15) is 14.7 Å². The Hall–Kier alpha value is -2.99. The molecule has 27 heavy (non-hydrogen) atoms. The van der Waals surface area contributed by atoms with Gasteiger partial charge in [-0.25, -0.2) is 0 Å². The number of nitrogens with zero attached hydrogens (tertiary/aromatic N) is 2. The van der Waals surface area contributed by atoms with E-state index >= 15 is 0 Å². The van der Waals surface area contributed by atoms with E-state index in [0.717, 1.165) is 0 Å². The van der Waals surface area contributed by atoms with E-state index in [2.05, 4.69) is 6.58 Å². The van der Waals surface area contributed by atoms with Crippen LogP contribution in [0.1, 0.15) is 10.4 Å². The molecule has 0 bridgehead atoms. The first kappa shape index (κ1) is 18.8. The molecule has 3 rings (SSSR count). The van der Waals surface area contributed by atoms with Gasteiger partial charge in [-0.05, 0) is 42.0 Å². The van der Waals surface area contributed by atoms with Crippen LogP contribution in [0.3, 0.4) is 0 Å². The number of piperazine rings is 1. The van der Waals surface area contributed by atoms with Crippen LogP contribution < -0.4 is 10.6 Å². The molecule has 0 unspecified atom stereocenters. The number of carbonyl (C=O) groups excluding carboxylic acids is 2. The highest BCUT2D eigenvalue weighted by Crippen LogP contribution is 2.34. The molecule has 1 fully saturated rings. The number of hydrogen-bond acceptors (Lipinski definition) is 4. The second kappa shape index (κ2) is 7.72. The predicted molar refractivity (Wildman–Crippen MR) is 106 cm³/mol. The molecule has 1 aliphatic rings. The number of benzene rings is 2. The largest absolute Gasteiger partial charge is 0.508 e. The number of amides is 2. The van der Waals surface area contributed by atoms with Crippen molar-refractivity contribution in [3.05, 3.63) is 59.6 Å². The minimum Gasteiger partial charge on any atom is -0.508 e. The summed E-state index contributed by atoms with van der Waals surface area (Å²) < 4.78 is 0. The molecule has 2 amide bonds. The van der Waals surface area contributed by atoms with Crippen LogP contribution in [-0.2, 0) is 4.79 Å². The third-order valence-corrected chi connectivity index (χ3v) is 4.96. The molecular formula is C20H20ClN3O3. The summed E-state index contributed by atoms with van der Waals surface area (Å²) in [7, 11) is 0. The number of anilines is 1. The number of halogens is 1. The molecule has 6 nitrogen and oxygen atoms in total. The number of nitrogens with two attached hydrogens (primary N) is 1. The number of rotatable bonds is 4. The van der Waals surface area contributed by atoms with Gasteiger partial charge < -0.3 is 20.6 Å². The normalized spacial score (nSPS) is 14.1. The van der Waals surface area contributed by atoms with Crippen molar-refractivity contribution in [2.45, 2.75) is 0 Å². The molecule has 0 saturated carbocycles. The molecule has 0 aliphatic carbocycles. The fourth-order valence-corrected chi connectivity index (χ4v) is 3.43. The molecular weight excluding hydrogens is 366 g/mol. The van der Waals surface area contributed by atoms with Gasteiger partial charge in [0.25, 0.3) is 5.91 Å². The number of primary amides is 1. The number of phenolic OH excluding ortho intramolecular Hbond substituents is 1. The van der Waals surface area contributed by atoms with E-state index in [0.29, 0.717) is 53.6 Å². The van der Waals surface area contributed by atoms with Gasteiger partial charge >= 0.3 is 0 Å². The second-order valence-electron chi connectivity index (χ2n) is 6.28. The molecule has 7 heteroatoms. The summed E-state index contributed by atoms with van der Waals surface area (Å²) in [6.07, 6.45) is 1.30. The first-order valence-corrected chi connectivity index (χ1v) is 8.87. The van der Waals surface area contributed by atoms with E-state index in [1.165, 1.54) is 12.1 Å². The lowest BCUT2D eigenvalue weighted by atomic mass is 10.00. The topological polar surface area (TPSA) is 86.9 Å². The number of aromatic hydroxyl groups is 1. The highest BCUT2D eigenvalue weighted by molar-refractivity contribution is 6.33. The van der Waals surface area contributed by atoms with Crippen LogP contribution in [0.4, 0.5) is 5.69 Å². The van der Waals surface area contributed by atoms with E-state index < -0.39 is 5.91 Å². The molecule has 1 heterocycles. The van der Waals surface area contributed by atoms with Crippen molar-refractivity contribution in [1.82, 2.24) is 4.90 Å². The zero-order valence-corrected chi connectivity index (χ0v) is 15.4. The minimum atomic E-state index is -0.548. The molecule has 0 radical (unpaired) electrons. The van der Waals surface area contributed by atoms with E-state index in [1.807, 2.05) is 17.0 Å². The summed E-state index contributed by atoms with van der Waals surface area (Å²) in [6.45, 7) is 5.78. The lowest BCUT2D eigenvalue weighted by Gasteiger charge is -2.36. The summed E-state index contributed by atoms with van der Waals surface area (Å²) in [5, 5.41) is 10.2. The van der Waals surface area contributed by atoms with Crippen LogP contribution >= 0.6 is 11.6 Å². The maximum Gasteiger partial charge on any atom is 0.250 e. The lowest BCUT2D eigenvalue weighted by Crippen LogP contribution is -2.48. The molecule has 0 spiro atoms. The van der Waals surface area contributed by atoms with E-state index in [1.54, 1.807) is 23.1 Å². The van der Waals surface area contributed by atoms with Gasteiger partial charge in [-0.3, -0.25) is 9.59 Å². The average molecular weight is 386 g/mol. The monoisotopic (exact) mass is 385 g/mol. The highest BCUT2D eigenvalue weighted by atomic mass is 35.5. The van der Waals surface area contributed by atoms with Crippen LogP contribution in [-0.4, -0.2) is 48.0 Å². The summed E-state index contributed by atoms with van der Waals surface area (Å²) in [5.41, 5.74) is 8.00. The lowest BCUT2D eigenvalue weighted by molar-refractivity contribution is -0.126. The first-order chi connectivity index (χ1) is 12.9. The fraction of sp³-hybridized carbons (Fsp3) is 0.200. The Labute approximate surface area is 162 Å². The summed E-state index contributed by atoms with van der Waals surface area (Å²) in [4.78, 5) is 27.5. The Balaban J connectivity index is 1.91. The van der Waals surface area contributed by atoms with Crippen molar-refractivity contribution in [1.29, 1.82) is 0 Å². The van der Waals surface area contributed by atoms with Gasteiger partial charge in [0.15, 0.2) is 0 Å². The third kappa shape index (κ3) is 3.90. The molecule has 0 aromatic heterocycles. The standard InChI is InChI=1S/C20H20ClN3O3/c1-2-19(26)24-9-7-23(8-10-24)18-6-3-13(11-16(18)20(22)27)15-12-14(25)4-5-17(15)21/h2-6,11-12,25H,1,7-10H2,(H2,22,27). The quantitative estimate of drug-likeness (QED) is 0.792. The summed E-state index contributed by atoms with van der Waals surface area (Å²) in [5.74, 6) is -0.562. The van der Waals surface area contributed by atoms with Crippen LogP contribution in [0.25, 0.3) is 11.1 Å². The molecule has 2 aromatic carbocycles. The van der Waals surface area contributed by atoms with E-state index in [-0.39, 0.29) is 11.7 Å². The molecule has 3 N–H and O–H groups in total. The molecule has 2 aromatic rings. The first-order valence-electron chi connectivity index (χ1n) is 8.49. The molecule has 140 valence electrons. The third-order valence-electron chi connectivity index (χ3n) is 4.63. The zero-order chi connectivity index (χ0) is 19.6. The minimum absolute atomic E-state index is 0.0853. The highest BCUT2D eigenvalue weighted by Gasteiger charge is 2.23. The maximum absolute atomic E-state index is 12.1. The number of phenols is 1. The Bertz CT molecular complexity index is 905. The molecule has 0 atom stereocenters. The fourth-order valence-electron chi connectivity index (χ4n) is 3.21. The van der Waals surface area contributed by atoms with Crippen LogP contribution in [0.5, 0.6) is 5.75 Å². The van der Waals surface area contributed by atoms with Crippen molar-refractivity contribution in [3.63, 3.8) is 0 Å². The Kier molecular flexibility index (Phi) is 5.37. The van der Waals surface area contributed by atoms with Crippen molar-refractivity contribution in [2.24, 2.45) is 5.73 Å². The van der Waals surface area contributed by atoms with Crippen molar-refractivity contribution >= 4 is 29.1 Å². The van der Waals surface area contributed by atoms with E-state index in [4.69, 9.17) is 17.3 Å². The maximum atomic E-state index is 12.1. The smallest absolute Gasteiger partial charge is 0.250 e. The molecule has 1 saturated heterocycles. The van der Waals surface area contributed by atoms with Crippen molar-refractivity contribution in [3.8, 4) is 16.9 Å². The average Bonchev–Trinajstić information content (AvgIpc) is 2.69. The van der Waals surface area contributed by atoms with Gasteiger partial charge in [0.2, 0.25) is 5.91 Å². The van der Waals surface area contributed by atoms with Crippen LogP contribution in [0, 0.1) is 0 Å². The summed E-state index contributed by atoms with van der Waals surface area (Å²) >= 11 is 6.23. The van der Waals surface area contributed by atoms with Crippen molar-refractivity contribution < 1.29 is 14.7 Å². The van der Waals surface area contributed by atoms with Gasteiger partial charge in [-0.1, -0.05) is 24.2 Å². The zero-order valence-electron chi connectivity index (χ0n) is 14.7. The van der Waals surface area contributed by atoms with Gasteiger partial charge in [0.1, 0.15) is 5.75 Å². The van der Waals surface area contributed by atoms with Gasteiger partial charge in [-0.2, -0.15) is 0 Å². The van der Waals surface area contributed by atoms with Gasteiger partial charge in [0.05, 0.1) is 5.56 Å². The second-order valence-corrected chi connectivity index (χ2v) is 6.68. The van der Waals surface area contributed by atoms with Gasteiger partial charge in [-0.15, -0.1) is 0 Å². The van der Waals surface area contributed by atoms with Gasteiger partial charge in [0, 0.05) is 42.5 Å². The Morgan fingerprint density at radius 2 is 1.81 bits per heavy atom. The van der Waals surface area contributed by atoms with Crippen molar-refractivity contribution in [2.75, 3.05) is 31.1 Å². The van der Waals surface area contributed by atoms with Crippen LogP contribution in [0.2, 0.25) is 5.02 Å². The SMILES string of the molecule is C=CC(=O)N1CCN(c2ccc(-c3cc(O)ccc3Cl)cc2C(N)=O)CC1. The van der Waals surface area contributed by atoms with Crippen LogP contribution in [0.15, 0.2) is 49.1 Å². The Morgan fingerprint density at radius 1 is 1.11 bits per heavy atom. The summed E-state index contributed by atoms with van der Waals surface area (Å²) in [6, 6.07) is 9.98. The molecule has 1 aliphatic heterocycles. The number of hydrogen-bond donors (Lipinski definition) is 2. The Morgan fingerprint density at radius 3 is 2.44 bits per heavy atom. The predicted octanol–water partition coefficient (Wildman–Crippen LogP) is 2.65.